The molecule has 0 aromatic heterocycles. The van der Waals surface area contributed by atoms with Gasteiger partial charge in [-0.2, -0.15) is 0 Å². The molecule has 0 aromatic carbocycles. The van der Waals surface area contributed by atoms with Crippen LogP contribution >= 0.6 is 0 Å². The van der Waals surface area contributed by atoms with Gasteiger partial charge in [0.15, 0.2) is 0 Å². The van der Waals surface area contributed by atoms with Crippen LogP contribution in [0, 0.1) is 11.8 Å². The van der Waals surface area contributed by atoms with Gasteiger partial charge < -0.3 is 10.2 Å². The summed E-state index contributed by atoms with van der Waals surface area (Å²) in [6.45, 7) is 6.78. The van der Waals surface area contributed by atoms with E-state index < -0.39 is 0 Å². The van der Waals surface area contributed by atoms with Crippen molar-refractivity contribution in [2.24, 2.45) is 11.8 Å². The van der Waals surface area contributed by atoms with Crippen molar-refractivity contribution in [1.82, 2.24) is 10.2 Å². The molecule has 2 unspecified atom stereocenters. The highest BCUT2D eigenvalue weighted by Gasteiger charge is 2.37. The predicted molar refractivity (Wildman–Crippen MR) is 83.8 cm³/mol. The van der Waals surface area contributed by atoms with E-state index >= 15 is 0 Å². The molecule has 2 atom stereocenters. The Morgan fingerprint density at radius 2 is 1.86 bits per heavy atom. The topological polar surface area (TPSA) is 49.4 Å². The lowest BCUT2D eigenvalue weighted by molar-refractivity contribution is -0.138. The molecule has 1 N–H and O–H groups in total. The third kappa shape index (κ3) is 3.78. The molecule has 2 aliphatic rings. The lowest BCUT2D eigenvalue weighted by Gasteiger charge is -2.39. The Labute approximate surface area is 128 Å². The van der Waals surface area contributed by atoms with E-state index in [1.807, 2.05) is 18.7 Å². The minimum atomic E-state index is -0.349. The van der Waals surface area contributed by atoms with Gasteiger partial charge in [-0.3, -0.25) is 9.59 Å². The predicted octanol–water partition coefficient (Wildman–Crippen LogP) is 2.72. The Morgan fingerprint density at radius 1 is 1.19 bits per heavy atom. The van der Waals surface area contributed by atoms with Gasteiger partial charge in [0.25, 0.3) is 0 Å². The van der Waals surface area contributed by atoms with Gasteiger partial charge in [0.1, 0.15) is 6.04 Å². The molecule has 0 aromatic rings. The summed E-state index contributed by atoms with van der Waals surface area (Å²) in [5.41, 5.74) is 0. The molecule has 1 aliphatic carbocycles. The molecule has 2 fully saturated rings. The molecule has 1 saturated heterocycles. The smallest absolute Gasteiger partial charge is 0.245 e. The molecule has 2 amide bonds. The molecule has 1 aliphatic heterocycles. The second-order valence-electron chi connectivity index (χ2n) is 6.94. The SMILES string of the molecule is CCC(C1CCCCC1)N1CCC(=O)NC(C(C)C)C1=O. The zero-order valence-corrected chi connectivity index (χ0v) is 13.7. The number of rotatable bonds is 4. The van der Waals surface area contributed by atoms with E-state index in [2.05, 4.69) is 12.2 Å². The van der Waals surface area contributed by atoms with Gasteiger partial charge >= 0.3 is 0 Å². The summed E-state index contributed by atoms with van der Waals surface area (Å²) < 4.78 is 0. The third-order valence-electron chi connectivity index (χ3n) is 5.12. The first kappa shape index (κ1) is 16.3. The molecule has 1 saturated carbocycles. The second kappa shape index (κ2) is 7.28. The van der Waals surface area contributed by atoms with E-state index in [1.165, 1.54) is 32.1 Å². The van der Waals surface area contributed by atoms with Crippen LogP contribution in [0.4, 0.5) is 0 Å². The zero-order valence-electron chi connectivity index (χ0n) is 13.7. The fraction of sp³-hybridized carbons (Fsp3) is 0.882. The van der Waals surface area contributed by atoms with Crippen molar-refractivity contribution in [2.75, 3.05) is 6.54 Å². The van der Waals surface area contributed by atoms with Gasteiger partial charge in [-0.15, -0.1) is 0 Å². The number of nitrogens with zero attached hydrogens (tertiary/aromatic N) is 1. The highest BCUT2D eigenvalue weighted by Crippen LogP contribution is 2.31. The minimum Gasteiger partial charge on any atom is -0.344 e. The van der Waals surface area contributed by atoms with Crippen LogP contribution in [0.5, 0.6) is 0 Å². The monoisotopic (exact) mass is 294 g/mol. The molecule has 4 heteroatoms. The molecule has 1 heterocycles. The molecule has 4 nitrogen and oxygen atoms in total. The Kier molecular flexibility index (Phi) is 5.65. The lowest BCUT2D eigenvalue weighted by atomic mass is 9.82. The summed E-state index contributed by atoms with van der Waals surface area (Å²) >= 11 is 0. The Hall–Kier alpha value is -1.06. The normalized spacial score (nSPS) is 26.7. The summed E-state index contributed by atoms with van der Waals surface area (Å²) in [5, 5.41) is 2.91. The van der Waals surface area contributed by atoms with E-state index in [9.17, 15) is 9.59 Å². The number of amides is 2. The lowest BCUT2D eigenvalue weighted by Crippen LogP contribution is -2.52. The highest BCUT2D eigenvalue weighted by atomic mass is 16.2. The first-order valence-corrected chi connectivity index (χ1v) is 8.64. The maximum absolute atomic E-state index is 12.9. The average molecular weight is 294 g/mol. The van der Waals surface area contributed by atoms with Crippen molar-refractivity contribution in [1.29, 1.82) is 0 Å². The van der Waals surface area contributed by atoms with Gasteiger partial charge in [0.2, 0.25) is 11.8 Å². The standard InChI is InChI=1S/C17H30N2O2/c1-4-14(13-8-6-5-7-9-13)19-11-10-15(20)18-16(12(2)3)17(19)21/h12-14,16H,4-11H2,1-3H3,(H,18,20). The summed E-state index contributed by atoms with van der Waals surface area (Å²) in [4.78, 5) is 26.8. The van der Waals surface area contributed by atoms with E-state index in [4.69, 9.17) is 0 Å². The van der Waals surface area contributed by atoms with Crippen LogP contribution in [0.2, 0.25) is 0 Å². The van der Waals surface area contributed by atoms with E-state index in [1.54, 1.807) is 0 Å². The van der Waals surface area contributed by atoms with Gasteiger partial charge in [-0.05, 0) is 31.1 Å². The molecular weight excluding hydrogens is 264 g/mol. The first-order valence-electron chi connectivity index (χ1n) is 8.64. The van der Waals surface area contributed by atoms with Crippen molar-refractivity contribution < 1.29 is 9.59 Å². The molecule has 120 valence electrons. The number of carbonyl (C=O) groups is 2. The van der Waals surface area contributed by atoms with Crippen LogP contribution in [-0.4, -0.2) is 35.3 Å². The maximum atomic E-state index is 12.9. The third-order valence-corrected chi connectivity index (χ3v) is 5.12. The van der Waals surface area contributed by atoms with Crippen LogP contribution in [0.1, 0.15) is 65.7 Å². The van der Waals surface area contributed by atoms with Crippen molar-refractivity contribution in [3.8, 4) is 0 Å². The van der Waals surface area contributed by atoms with Crippen molar-refractivity contribution in [3.63, 3.8) is 0 Å². The number of nitrogens with one attached hydrogen (secondary N) is 1. The highest BCUT2D eigenvalue weighted by molar-refractivity contribution is 5.90. The maximum Gasteiger partial charge on any atom is 0.245 e. The zero-order chi connectivity index (χ0) is 15.4. The van der Waals surface area contributed by atoms with Crippen LogP contribution < -0.4 is 5.32 Å². The summed E-state index contributed by atoms with van der Waals surface area (Å²) in [5.74, 6) is 0.913. The van der Waals surface area contributed by atoms with Gasteiger partial charge in [0, 0.05) is 19.0 Å². The molecule has 0 spiro atoms. The van der Waals surface area contributed by atoms with Crippen LogP contribution in [0.15, 0.2) is 0 Å². The molecular formula is C17H30N2O2. The summed E-state index contributed by atoms with van der Waals surface area (Å²) in [6, 6.07) is -0.0376. The van der Waals surface area contributed by atoms with Crippen molar-refractivity contribution >= 4 is 11.8 Å². The molecule has 2 rings (SSSR count). The molecule has 21 heavy (non-hydrogen) atoms. The largest absolute Gasteiger partial charge is 0.344 e. The Balaban J connectivity index is 2.17. The number of hydrogen-bond donors (Lipinski definition) is 1. The van der Waals surface area contributed by atoms with Crippen LogP contribution in [0.3, 0.4) is 0 Å². The first-order chi connectivity index (χ1) is 10.0. The minimum absolute atomic E-state index is 0.0167. The quantitative estimate of drug-likeness (QED) is 0.866. The van der Waals surface area contributed by atoms with E-state index in [-0.39, 0.29) is 23.8 Å². The van der Waals surface area contributed by atoms with Gasteiger partial charge in [0.05, 0.1) is 0 Å². The summed E-state index contributed by atoms with van der Waals surface area (Å²) in [7, 11) is 0. The Morgan fingerprint density at radius 3 is 2.43 bits per heavy atom. The van der Waals surface area contributed by atoms with E-state index in [0.717, 1.165) is 6.42 Å². The summed E-state index contributed by atoms with van der Waals surface area (Å²) in [6.07, 6.45) is 7.80. The van der Waals surface area contributed by atoms with E-state index in [0.29, 0.717) is 24.9 Å². The van der Waals surface area contributed by atoms with Crippen LogP contribution in [-0.2, 0) is 9.59 Å². The molecule has 0 radical (unpaired) electrons. The average Bonchev–Trinajstić information content (AvgIpc) is 2.62. The number of hydrogen-bond acceptors (Lipinski definition) is 2. The van der Waals surface area contributed by atoms with Crippen molar-refractivity contribution in [2.45, 2.75) is 77.8 Å². The fourth-order valence-corrected chi connectivity index (χ4v) is 3.93. The number of carbonyl (C=O) groups excluding carboxylic acids is 2. The molecule has 0 bridgehead atoms. The van der Waals surface area contributed by atoms with Crippen LogP contribution in [0.25, 0.3) is 0 Å². The Bertz CT molecular complexity index is 375. The van der Waals surface area contributed by atoms with Gasteiger partial charge in [-0.1, -0.05) is 40.0 Å². The van der Waals surface area contributed by atoms with Gasteiger partial charge in [-0.25, -0.2) is 0 Å². The van der Waals surface area contributed by atoms with Crippen molar-refractivity contribution in [3.05, 3.63) is 0 Å². The fourth-order valence-electron chi connectivity index (χ4n) is 3.93. The second-order valence-corrected chi connectivity index (χ2v) is 6.94.